The molecular weight excluding hydrogens is 350 g/mol. The molecule has 3 amide bonds. The van der Waals surface area contributed by atoms with Gasteiger partial charge in [-0.15, -0.1) is 0 Å². The molecule has 1 aromatic carbocycles. The number of hydrogen-bond acceptors (Lipinski definition) is 6. The molecule has 0 atom stereocenters. The van der Waals surface area contributed by atoms with E-state index in [0.717, 1.165) is 17.6 Å². The van der Waals surface area contributed by atoms with Crippen molar-refractivity contribution in [2.75, 3.05) is 25.4 Å². The average Bonchev–Trinajstić information content (AvgIpc) is 2.61. The summed E-state index contributed by atoms with van der Waals surface area (Å²) >= 11 is 0.972. The van der Waals surface area contributed by atoms with Crippen LogP contribution in [0.5, 0.6) is 0 Å². The first-order valence-corrected chi connectivity index (χ1v) is 8.18. The lowest BCUT2D eigenvalue weighted by molar-refractivity contribution is -0.137. The second-order valence-corrected chi connectivity index (χ2v) is 5.49. The van der Waals surface area contributed by atoms with Gasteiger partial charge in [-0.25, -0.2) is 0 Å². The lowest BCUT2D eigenvalue weighted by Crippen LogP contribution is -2.43. The van der Waals surface area contributed by atoms with Gasteiger partial charge in [0.25, 0.3) is 0 Å². The molecule has 0 bridgehead atoms. The fourth-order valence-electron chi connectivity index (χ4n) is 1.49. The molecule has 0 aliphatic rings. The van der Waals surface area contributed by atoms with Crippen LogP contribution in [0.25, 0.3) is 0 Å². The molecule has 0 unspecified atom stereocenters. The van der Waals surface area contributed by atoms with Gasteiger partial charge in [-0.05, 0) is 5.56 Å². The molecule has 0 radical (unpaired) electrons. The van der Waals surface area contributed by atoms with Crippen molar-refractivity contribution in [3.63, 3.8) is 0 Å². The van der Waals surface area contributed by atoms with Gasteiger partial charge >= 0.3 is 5.97 Å². The van der Waals surface area contributed by atoms with E-state index in [4.69, 9.17) is 9.29 Å². The summed E-state index contributed by atoms with van der Waals surface area (Å²) in [7, 11) is 0. The molecule has 4 N–H and O–H groups in total. The Hall–Kier alpha value is -2.59. The first-order chi connectivity index (χ1) is 12.0. The highest BCUT2D eigenvalue weighted by Gasteiger charge is 2.08. The van der Waals surface area contributed by atoms with Crippen molar-refractivity contribution >= 4 is 35.7 Å². The average molecular weight is 369 g/mol. The molecule has 1 aromatic rings. The van der Waals surface area contributed by atoms with E-state index in [-0.39, 0.29) is 24.7 Å². The molecule has 0 saturated carbocycles. The highest BCUT2D eigenvalue weighted by Crippen LogP contribution is 2.08. The monoisotopic (exact) mass is 369 g/mol. The predicted molar refractivity (Wildman–Crippen MR) is 90.4 cm³/mol. The molecular formula is C15H19N3O6S. The Bertz CT molecular complexity index is 596. The van der Waals surface area contributed by atoms with Crippen LogP contribution in [0.1, 0.15) is 5.56 Å². The molecule has 0 heterocycles. The number of aliphatic carboxylic acids is 1. The second-order valence-electron chi connectivity index (χ2n) is 4.73. The van der Waals surface area contributed by atoms with E-state index in [1.54, 1.807) is 0 Å². The van der Waals surface area contributed by atoms with Crippen molar-refractivity contribution in [3.05, 3.63) is 35.9 Å². The minimum atomic E-state index is -1.18. The van der Waals surface area contributed by atoms with Gasteiger partial charge in [-0.1, -0.05) is 30.3 Å². The van der Waals surface area contributed by atoms with E-state index in [1.807, 2.05) is 30.3 Å². The number of carbonyl (C=O) groups is 4. The summed E-state index contributed by atoms with van der Waals surface area (Å²) in [6, 6.07) is 9.47. The first-order valence-electron chi connectivity index (χ1n) is 7.27. The van der Waals surface area contributed by atoms with Gasteiger partial charge in [-0.3, -0.25) is 19.2 Å². The minimum absolute atomic E-state index is 0.0270. The van der Waals surface area contributed by atoms with Gasteiger partial charge < -0.3 is 25.2 Å². The largest absolute Gasteiger partial charge is 0.480 e. The van der Waals surface area contributed by atoms with Crippen LogP contribution in [0.2, 0.25) is 0 Å². The van der Waals surface area contributed by atoms with Crippen LogP contribution in [0.15, 0.2) is 30.3 Å². The van der Waals surface area contributed by atoms with Gasteiger partial charge in [0.05, 0.1) is 25.4 Å². The molecule has 0 fully saturated rings. The van der Waals surface area contributed by atoms with Gasteiger partial charge in [0.2, 0.25) is 17.7 Å². The fraction of sp³-hybridized carbons (Fsp3) is 0.333. The topological polar surface area (TPSA) is 134 Å². The van der Waals surface area contributed by atoms with Gasteiger partial charge in [0.15, 0.2) is 0 Å². The van der Waals surface area contributed by atoms with Crippen LogP contribution in [0, 0.1) is 0 Å². The van der Waals surface area contributed by atoms with E-state index in [0.29, 0.717) is 6.61 Å². The Morgan fingerprint density at radius 3 is 2.04 bits per heavy atom. The summed E-state index contributed by atoms with van der Waals surface area (Å²) in [4.78, 5) is 44.4. The van der Waals surface area contributed by atoms with E-state index in [2.05, 4.69) is 16.0 Å². The third-order valence-electron chi connectivity index (χ3n) is 2.67. The summed E-state index contributed by atoms with van der Waals surface area (Å²) in [5, 5.41) is 15.1. The van der Waals surface area contributed by atoms with Gasteiger partial charge in [0.1, 0.15) is 6.54 Å². The van der Waals surface area contributed by atoms with Crippen LogP contribution in [0.4, 0.5) is 0 Å². The summed E-state index contributed by atoms with van der Waals surface area (Å²) in [5.41, 5.74) is 0.982. The maximum atomic E-state index is 11.5. The van der Waals surface area contributed by atoms with Crippen molar-refractivity contribution < 1.29 is 28.5 Å². The Labute approximate surface area is 148 Å². The zero-order valence-electron chi connectivity index (χ0n) is 13.3. The Morgan fingerprint density at radius 1 is 0.880 bits per heavy atom. The van der Waals surface area contributed by atoms with E-state index >= 15 is 0 Å². The third kappa shape index (κ3) is 10.7. The fourth-order valence-corrected chi connectivity index (χ4v) is 2.00. The molecule has 9 nitrogen and oxygen atoms in total. The molecule has 1 rings (SSSR count). The van der Waals surface area contributed by atoms with E-state index in [1.165, 1.54) is 0 Å². The first kappa shape index (κ1) is 20.5. The van der Waals surface area contributed by atoms with Crippen molar-refractivity contribution in [1.29, 1.82) is 0 Å². The van der Waals surface area contributed by atoms with Crippen LogP contribution in [0.3, 0.4) is 0 Å². The molecule has 136 valence electrons. The minimum Gasteiger partial charge on any atom is -0.480 e. The van der Waals surface area contributed by atoms with Crippen LogP contribution < -0.4 is 16.0 Å². The number of rotatable bonds is 11. The quantitative estimate of drug-likeness (QED) is 0.299. The number of hydrogen-bond donors (Lipinski definition) is 4. The van der Waals surface area contributed by atoms with Crippen molar-refractivity contribution in [1.82, 2.24) is 16.0 Å². The summed E-state index contributed by atoms with van der Waals surface area (Å²) in [5.74, 6) is -2.73. The highest BCUT2D eigenvalue weighted by atomic mass is 32.2. The second kappa shape index (κ2) is 11.9. The number of carboxylic acid groups (broad SMARTS) is 1. The molecule has 0 aliphatic carbocycles. The molecule has 0 saturated heterocycles. The van der Waals surface area contributed by atoms with Crippen LogP contribution >= 0.6 is 12.0 Å². The molecule has 0 aromatic heterocycles. The Balaban J connectivity index is 2.05. The van der Waals surface area contributed by atoms with Crippen molar-refractivity contribution in [2.45, 2.75) is 6.61 Å². The smallest absolute Gasteiger partial charge is 0.322 e. The summed E-state index contributed by atoms with van der Waals surface area (Å²) in [6.07, 6.45) is 0. The Kier molecular flexibility index (Phi) is 9.71. The molecule has 0 aliphatic heterocycles. The predicted octanol–water partition coefficient (Wildman–Crippen LogP) is -0.715. The zero-order valence-corrected chi connectivity index (χ0v) is 14.1. The van der Waals surface area contributed by atoms with Crippen LogP contribution in [-0.4, -0.2) is 54.2 Å². The SMILES string of the molecule is O=C(O)CNC(=O)CNC(=O)CNC(=O)CSOCc1ccccc1. The van der Waals surface area contributed by atoms with Gasteiger partial charge in [-0.2, -0.15) is 0 Å². The van der Waals surface area contributed by atoms with E-state index in [9.17, 15) is 19.2 Å². The normalized spacial score (nSPS) is 9.92. The number of nitrogens with one attached hydrogen (secondary N) is 3. The van der Waals surface area contributed by atoms with E-state index < -0.39 is 24.3 Å². The maximum absolute atomic E-state index is 11.5. The maximum Gasteiger partial charge on any atom is 0.322 e. The zero-order chi connectivity index (χ0) is 18.5. The van der Waals surface area contributed by atoms with Gasteiger partial charge in [0, 0.05) is 12.0 Å². The lowest BCUT2D eigenvalue weighted by Gasteiger charge is -2.07. The molecule has 0 spiro atoms. The highest BCUT2D eigenvalue weighted by molar-refractivity contribution is 7.95. The number of benzene rings is 1. The number of amides is 3. The van der Waals surface area contributed by atoms with Crippen molar-refractivity contribution in [3.8, 4) is 0 Å². The summed E-state index contributed by atoms with van der Waals surface area (Å²) in [6.45, 7) is -0.808. The lowest BCUT2D eigenvalue weighted by atomic mass is 10.2. The Morgan fingerprint density at radius 2 is 1.44 bits per heavy atom. The number of carboxylic acids is 1. The molecule has 25 heavy (non-hydrogen) atoms. The van der Waals surface area contributed by atoms with Crippen LogP contribution in [-0.2, 0) is 30.0 Å². The molecule has 10 heteroatoms. The number of carbonyl (C=O) groups excluding carboxylic acids is 3. The standard InChI is InChI=1S/C15H19N3O6S/c19-12(16-6-13(20)18-8-15(22)23)7-17-14(21)10-25-24-9-11-4-2-1-3-5-11/h1-5H,6-10H2,(H,16,19)(H,17,21)(H,18,20)(H,22,23). The van der Waals surface area contributed by atoms with Crippen molar-refractivity contribution in [2.24, 2.45) is 0 Å². The third-order valence-corrected chi connectivity index (χ3v) is 3.34. The summed E-state index contributed by atoms with van der Waals surface area (Å²) < 4.78 is 5.28.